The highest BCUT2D eigenvalue weighted by Gasteiger charge is 2.24. The second kappa shape index (κ2) is 17.2. The van der Waals surface area contributed by atoms with E-state index in [2.05, 4.69) is 50.9 Å². The average Bonchev–Trinajstić information content (AvgIpc) is 3.77. The van der Waals surface area contributed by atoms with Crippen LogP contribution in [-0.4, -0.2) is 41.1 Å². The smallest absolute Gasteiger partial charge is 0.311 e. The van der Waals surface area contributed by atoms with E-state index >= 15 is 0 Å². The Hall–Kier alpha value is -5.05. The second-order valence-electron chi connectivity index (χ2n) is 15.4. The maximum atomic E-state index is 13.8. The molecule has 0 atom stereocenters. The number of ether oxygens (including phenoxy) is 1. The van der Waals surface area contributed by atoms with E-state index < -0.39 is 0 Å². The van der Waals surface area contributed by atoms with Gasteiger partial charge in [-0.2, -0.15) is 0 Å². The molecule has 0 aliphatic rings. The summed E-state index contributed by atoms with van der Waals surface area (Å²) in [7, 11) is 0. The fourth-order valence-corrected chi connectivity index (χ4v) is 6.97. The first-order valence-electron chi connectivity index (χ1n) is 19.5. The lowest BCUT2D eigenvalue weighted by molar-refractivity contribution is -0.134. The highest BCUT2D eigenvalue weighted by Crippen LogP contribution is 2.37. The monoisotopic (exact) mass is 714 g/mol. The normalized spacial score (nSPS) is 11.9. The lowest BCUT2D eigenvalue weighted by atomic mass is 9.84. The van der Waals surface area contributed by atoms with Crippen molar-refractivity contribution in [2.24, 2.45) is 0 Å². The number of phenolic OH excluding ortho intramolecular Hbond substituents is 1. The van der Waals surface area contributed by atoms with Crippen molar-refractivity contribution in [3.8, 4) is 22.9 Å². The van der Waals surface area contributed by atoms with Gasteiger partial charge in [0, 0.05) is 12.0 Å². The number of hydrogen-bond acceptors (Lipinski definition) is 7. The Bertz CT molecular complexity index is 2090. The van der Waals surface area contributed by atoms with Crippen molar-refractivity contribution in [1.82, 2.24) is 30.0 Å². The minimum atomic E-state index is -0.359. The minimum absolute atomic E-state index is 0.129. The van der Waals surface area contributed by atoms with Gasteiger partial charge >= 0.3 is 5.97 Å². The van der Waals surface area contributed by atoms with Gasteiger partial charge in [-0.3, -0.25) is 4.79 Å². The molecular formula is C44H54N6O3. The van der Waals surface area contributed by atoms with Gasteiger partial charge in [-0.15, -0.1) is 30.0 Å². The van der Waals surface area contributed by atoms with Crippen LogP contribution in [0.2, 0.25) is 0 Å². The molecule has 0 saturated heterocycles. The van der Waals surface area contributed by atoms with E-state index in [0.717, 1.165) is 63.6 Å². The number of carbonyl (C=O) groups is 1. The maximum absolute atomic E-state index is 13.8. The van der Waals surface area contributed by atoms with Crippen LogP contribution in [0, 0.1) is 6.92 Å². The molecule has 2 heterocycles. The van der Waals surface area contributed by atoms with E-state index in [1.165, 1.54) is 56.2 Å². The van der Waals surface area contributed by atoms with Crippen LogP contribution in [0.5, 0.6) is 11.5 Å². The van der Waals surface area contributed by atoms with Crippen molar-refractivity contribution in [2.45, 2.75) is 124 Å². The van der Waals surface area contributed by atoms with E-state index in [0.29, 0.717) is 23.5 Å². The van der Waals surface area contributed by atoms with Crippen LogP contribution in [0.25, 0.3) is 33.4 Å². The Morgan fingerprint density at radius 3 is 1.72 bits per heavy atom. The summed E-state index contributed by atoms with van der Waals surface area (Å²) < 4.78 is 6.30. The van der Waals surface area contributed by atoms with Crippen molar-refractivity contribution in [3.63, 3.8) is 0 Å². The summed E-state index contributed by atoms with van der Waals surface area (Å²) in [4.78, 5) is 16.9. The van der Waals surface area contributed by atoms with E-state index in [4.69, 9.17) is 14.9 Å². The lowest BCUT2D eigenvalue weighted by Crippen LogP contribution is -2.16. The summed E-state index contributed by atoms with van der Waals surface area (Å²) in [5.74, 6) is 0.307. The number of nitrogens with zero attached hydrogens (tertiary/aromatic N) is 6. The zero-order valence-corrected chi connectivity index (χ0v) is 32.1. The molecular weight excluding hydrogens is 661 g/mol. The average molecular weight is 715 g/mol. The number of hydrogen-bond donors (Lipinski definition) is 1. The van der Waals surface area contributed by atoms with Crippen LogP contribution in [0.15, 0.2) is 72.8 Å². The van der Waals surface area contributed by atoms with Gasteiger partial charge in [0.15, 0.2) is 5.75 Å². The molecule has 4 aromatic carbocycles. The molecule has 6 aromatic rings. The van der Waals surface area contributed by atoms with Crippen LogP contribution in [0.4, 0.5) is 0 Å². The summed E-state index contributed by atoms with van der Waals surface area (Å²) in [6.45, 7) is 10.5. The van der Waals surface area contributed by atoms with Crippen molar-refractivity contribution in [1.29, 1.82) is 0 Å². The Kier molecular flexibility index (Phi) is 12.2. The molecule has 0 bridgehead atoms. The maximum Gasteiger partial charge on any atom is 0.311 e. The van der Waals surface area contributed by atoms with Crippen molar-refractivity contribution < 1.29 is 14.6 Å². The predicted octanol–water partition coefficient (Wildman–Crippen LogP) is 10.5. The number of esters is 1. The molecule has 9 heteroatoms. The number of benzene rings is 4. The number of unbranched alkanes of at least 4 members (excludes halogenated alkanes) is 9. The van der Waals surface area contributed by atoms with Gasteiger partial charge in [0.05, 0.1) is 0 Å². The molecule has 0 unspecified atom stereocenters. The zero-order chi connectivity index (χ0) is 37.4. The summed E-state index contributed by atoms with van der Waals surface area (Å²) in [5.41, 5.74) is 7.52. The molecule has 0 saturated carbocycles. The van der Waals surface area contributed by atoms with Crippen LogP contribution < -0.4 is 4.74 Å². The highest BCUT2D eigenvalue weighted by atomic mass is 16.5. The number of fused-ring (bicyclic) bond motifs is 2. The molecule has 278 valence electrons. The third kappa shape index (κ3) is 9.50. The number of rotatable bonds is 17. The quantitative estimate of drug-likeness (QED) is 0.0569. The number of aryl methyl sites for hydroxylation is 3. The first kappa shape index (κ1) is 37.7. The van der Waals surface area contributed by atoms with E-state index in [-0.39, 0.29) is 23.6 Å². The van der Waals surface area contributed by atoms with Gasteiger partial charge in [0.25, 0.3) is 0 Å². The zero-order valence-electron chi connectivity index (χ0n) is 32.1. The molecule has 6 rings (SSSR count). The van der Waals surface area contributed by atoms with Crippen LogP contribution in [0.1, 0.15) is 121 Å². The predicted molar refractivity (Wildman–Crippen MR) is 212 cm³/mol. The molecule has 1 N–H and O–H groups in total. The number of carbonyl (C=O) groups excluding carboxylic acids is 1. The largest absolute Gasteiger partial charge is 0.505 e. The Balaban J connectivity index is 1.21. The van der Waals surface area contributed by atoms with Crippen LogP contribution in [0.3, 0.4) is 0 Å². The van der Waals surface area contributed by atoms with Gasteiger partial charge < -0.3 is 9.84 Å². The first-order valence-corrected chi connectivity index (χ1v) is 19.5. The summed E-state index contributed by atoms with van der Waals surface area (Å²) in [6.07, 6.45) is 13.9. The Morgan fingerprint density at radius 1 is 0.679 bits per heavy atom. The minimum Gasteiger partial charge on any atom is -0.505 e. The highest BCUT2D eigenvalue weighted by molar-refractivity contribution is 5.77. The van der Waals surface area contributed by atoms with Gasteiger partial charge in [0.1, 0.15) is 39.2 Å². The number of aromatic hydroxyl groups is 1. The van der Waals surface area contributed by atoms with E-state index in [1.54, 1.807) is 4.80 Å². The summed E-state index contributed by atoms with van der Waals surface area (Å²) in [5, 5.41) is 30.2. The van der Waals surface area contributed by atoms with E-state index in [1.807, 2.05) is 66.7 Å². The van der Waals surface area contributed by atoms with Crippen LogP contribution >= 0.6 is 0 Å². The fraction of sp³-hybridized carbons (Fsp3) is 0.432. The molecule has 0 aliphatic heterocycles. The number of phenols is 1. The van der Waals surface area contributed by atoms with Gasteiger partial charge in [-0.05, 0) is 84.7 Å². The van der Waals surface area contributed by atoms with Gasteiger partial charge in [0.2, 0.25) is 0 Å². The fourth-order valence-electron chi connectivity index (χ4n) is 6.97. The van der Waals surface area contributed by atoms with Gasteiger partial charge in [-0.1, -0.05) is 122 Å². The van der Waals surface area contributed by atoms with Crippen molar-refractivity contribution >= 4 is 28.0 Å². The molecule has 9 nitrogen and oxygen atoms in total. The molecule has 53 heavy (non-hydrogen) atoms. The SMILES string of the molecule is CCCCCCCCCCCCc1cc(C)cc(-n2nc3ccccc3n2)c1OC(=O)CCc1cc(-n2nc3ccccc3n2)c(O)c(C(C)(C)C)c1. The topological polar surface area (TPSA) is 108 Å². The van der Waals surface area contributed by atoms with E-state index in [9.17, 15) is 9.90 Å². The molecule has 0 aliphatic carbocycles. The Labute approximate surface area is 313 Å². The molecule has 0 amide bonds. The summed E-state index contributed by atoms with van der Waals surface area (Å²) >= 11 is 0. The first-order chi connectivity index (χ1) is 25.6. The molecule has 2 aromatic heterocycles. The Morgan fingerprint density at radius 2 is 1.19 bits per heavy atom. The molecule has 0 fully saturated rings. The van der Waals surface area contributed by atoms with Gasteiger partial charge in [-0.25, -0.2) is 0 Å². The lowest BCUT2D eigenvalue weighted by Gasteiger charge is -2.23. The van der Waals surface area contributed by atoms with Crippen molar-refractivity contribution in [3.05, 3.63) is 95.1 Å². The number of aromatic nitrogens is 6. The second-order valence-corrected chi connectivity index (χ2v) is 15.4. The molecule has 0 spiro atoms. The van der Waals surface area contributed by atoms with Crippen molar-refractivity contribution in [2.75, 3.05) is 0 Å². The third-order valence-electron chi connectivity index (χ3n) is 9.89. The molecule has 0 radical (unpaired) electrons. The summed E-state index contributed by atoms with van der Waals surface area (Å²) in [6, 6.07) is 23.3. The van der Waals surface area contributed by atoms with Crippen LogP contribution in [-0.2, 0) is 23.1 Å². The third-order valence-corrected chi connectivity index (χ3v) is 9.89. The standard InChI is InChI=1S/C44H54N6O3/c1-6-7-8-9-10-11-12-13-14-15-20-33-27-31(2)28-40(50-47-37-23-18-19-24-38(37)48-50)43(33)53-41(51)26-25-32-29-34(44(3,4)5)42(52)39(30-32)49-45-35-21-16-17-22-36(35)46-49/h16-19,21-24,27-30,52H,6-15,20,25-26H2,1-5H3.